The number of fused-ring (bicyclic) bond motifs is 2. The highest BCUT2D eigenvalue weighted by atomic mass is 32.1. The van der Waals surface area contributed by atoms with Crippen molar-refractivity contribution in [3.05, 3.63) is 44.2 Å². The Morgan fingerprint density at radius 3 is 2.50 bits per heavy atom. The number of aryl methyl sites for hydroxylation is 3. The average molecular weight is 481 g/mol. The van der Waals surface area contributed by atoms with E-state index in [9.17, 15) is 9.59 Å². The van der Waals surface area contributed by atoms with E-state index in [0.717, 1.165) is 74.0 Å². The second-order valence-corrected chi connectivity index (χ2v) is 10.7. The molecular weight excluding hydrogens is 448 g/mol. The number of nitrogens with zero attached hydrogens (tertiary/aromatic N) is 6. The minimum absolute atomic E-state index is 0.00137. The summed E-state index contributed by atoms with van der Waals surface area (Å²) in [5.41, 5.74) is 1.75. The van der Waals surface area contributed by atoms with Crippen LogP contribution in [-0.4, -0.2) is 56.5 Å². The van der Waals surface area contributed by atoms with Gasteiger partial charge in [-0.1, -0.05) is 20.3 Å². The van der Waals surface area contributed by atoms with Crippen molar-refractivity contribution in [2.75, 3.05) is 31.1 Å². The molecule has 0 atom stereocenters. The molecule has 34 heavy (non-hydrogen) atoms. The van der Waals surface area contributed by atoms with Crippen LogP contribution in [-0.2, 0) is 13.0 Å². The number of anilines is 1. The Hall–Kier alpha value is -2.81. The van der Waals surface area contributed by atoms with Gasteiger partial charge in [0.2, 0.25) is 0 Å². The van der Waals surface area contributed by atoms with Gasteiger partial charge in [0, 0.05) is 56.8 Å². The lowest BCUT2D eigenvalue weighted by Crippen LogP contribution is -2.49. The van der Waals surface area contributed by atoms with Gasteiger partial charge >= 0.3 is 0 Å². The molecule has 3 aromatic heterocycles. The third-order valence-electron chi connectivity index (χ3n) is 6.87. The molecule has 5 rings (SSSR count). The van der Waals surface area contributed by atoms with E-state index in [2.05, 4.69) is 23.7 Å². The molecule has 5 heterocycles. The second kappa shape index (κ2) is 9.09. The van der Waals surface area contributed by atoms with Gasteiger partial charge in [-0.25, -0.2) is 15.0 Å². The van der Waals surface area contributed by atoms with E-state index in [4.69, 9.17) is 9.97 Å². The van der Waals surface area contributed by atoms with E-state index in [0.29, 0.717) is 28.2 Å². The molecule has 1 fully saturated rings. The summed E-state index contributed by atoms with van der Waals surface area (Å²) in [4.78, 5) is 46.3. The topological polar surface area (TPSA) is 84.2 Å². The number of amides is 1. The van der Waals surface area contributed by atoms with Crippen LogP contribution < -0.4 is 10.5 Å². The van der Waals surface area contributed by atoms with Crippen LogP contribution in [0.1, 0.15) is 71.6 Å². The van der Waals surface area contributed by atoms with Crippen LogP contribution in [0.3, 0.4) is 0 Å². The zero-order valence-corrected chi connectivity index (χ0v) is 21.2. The predicted molar refractivity (Wildman–Crippen MR) is 135 cm³/mol. The maximum atomic E-state index is 13.5. The summed E-state index contributed by atoms with van der Waals surface area (Å²) in [6.07, 6.45) is 4.01. The summed E-state index contributed by atoms with van der Waals surface area (Å²) in [6.45, 7) is 11.5. The van der Waals surface area contributed by atoms with E-state index in [1.54, 1.807) is 0 Å². The first kappa shape index (κ1) is 23.0. The van der Waals surface area contributed by atoms with Gasteiger partial charge in [0.1, 0.15) is 22.3 Å². The Labute approximate surface area is 203 Å². The molecule has 0 radical (unpaired) electrons. The summed E-state index contributed by atoms with van der Waals surface area (Å²) in [6, 6.07) is 2.02. The molecule has 0 aliphatic carbocycles. The first-order chi connectivity index (χ1) is 16.3. The SMILES string of the molecule is Cc1cc(N2CCN(C(=O)c3sc4nc5n(c(=O)c4c3C)CCCCC5)CC2)nc(C(C)C)n1. The predicted octanol–water partition coefficient (Wildman–Crippen LogP) is 3.68. The van der Waals surface area contributed by atoms with E-state index >= 15 is 0 Å². The van der Waals surface area contributed by atoms with Crippen LogP contribution in [0.5, 0.6) is 0 Å². The number of aromatic nitrogens is 4. The fraction of sp³-hybridized carbons (Fsp3) is 0.560. The number of thiophene rings is 1. The average Bonchev–Trinajstić information content (AvgIpc) is 2.99. The molecule has 180 valence electrons. The Morgan fingerprint density at radius 1 is 1.00 bits per heavy atom. The van der Waals surface area contributed by atoms with Crippen LogP contribution in [0.25, 0.3) is 10.2 Å². The normalized spacial score (nSPS) is 16.7. The standard InChI is InChI=1S/C25H32N6O2S/c1-15(2)22-26-16(3)14-19(27-22)29-10-12-30(13-11-29)25(33)21-17(4)20-23(34-21)28-18-8-6-5-7-9-31(18)24(20)32/h14-15H,5-13H2,1-4H3. The highest BCUT2D eigenvalue weighted by Crippen LogP contribution is 2.30. The maximum Gasteiger partial charge on any atom is 0.264 e. The van der Waals surface area contributed by atoms with E-state index in [-0.39, 0.29) is 17.4 Å². The summed E-state index contributed by atoms with van der Waals surface area (Å²) < 4.78 is 1.83. The zero-order valence-electron chi connectivity index (χ0n) is 20.4. The van der Waals surface area contributed by atoms with Crippen molar-refractivity contribution in [2.24, 2.45) is 0 Å². The highest BCUT2D eigenvalue weighted by Gasteiger charge is 2.28. The molecular formula is C25H32N6O2S. The lowest BCUT2D eigenvalue weighted by molar-refractivity contribution is 0.0751. The lowest BCUT2D eigenvalue weighted by atomic mass is 10.2. The van der Waals surface area contributed by atoms with Gasteiger partial charge in [0.05, 0.1) is 10.3 Å². The minimum Gasteiger partial charge on any atom is -0.353 e. The molecule has 3 aromatic rings. The van der Waals surface area contributed by atoms with Crippen molar-refractivity contribution < 1.29 is 4.79 Å². The molecule has 0 N–H and O–H groups in total. The lowest BCUT2D eigenvalue weighted by Gasteiger charge is -2.35. The van der Waals surface area contributed by atoms with Crippen LogP contribution in [0, 0.1) is 13.8 Å². The van der Waals surface area contributed by atoms with Gasteiger partial charge < -0.3 is 9.80 Å². The Kier molecular flexibility index (Phi) is 6.14. The van der Waals surface area contributed by atoms with Crippen LogP contribution >= 0.6 is 11.3 Å². The van der Waals surface area contributed by atoms with Gasteiger partial charge in [0.25, 0.3) is 11.5 Å². The first-order valence-electron chi connectivity index (χ1n) is 12.3. The number of hydrogen-bond acceptors (Lipinski definition) is 7. The zero-order chi connectivity index (χ0) is 24.0. The Balaban J connectivity index is 1.37. The molecule has 9 heteroatoms. The third-order valence-corrected chi connectivity index (χ3v) is 8.04. The fourth-order valence-corrected chi connectivity index (χ4v) is 6.05. The monoisotopic (exact) mass is 480 g/mol. The van der Waals surface area contributed by atoms with Crippen LogP contribution in [0.15, 0.2) is 10.9 Å². The van der Waals surface area contributed by atoms with Crippen molar-refractivity contribution in [2.45, 2.75) is 65.8 Å². The second-order valence-electron chi connectivity index (χ2n) is 9.69. The molecule has 2 aliphatic heterocycles. The molecule has 2 aliphatic rings. The number of hydrogen-bond donors (Lipinski definition) is 0. The van der Waals surface area contributed by atoms with Crippen molar-refractivity contribution in [1.82, 2.24) is 24.4 Å². The fourth-order valence-electron chi connectivity index (χ4n) is 4.89. The largest absolute Gasteiger partial charge is 0.353 e. The van der Waals surface area contributed by atoms with Gasteiger partial charge in [0.15, 0.2) is 0 Å². The number of rotatable bonds is 3. The molecule has 0 aromatic carbocycles. The summed E-state index contributed by atoms with van der Waals surface area (Å²) >= 11 is 1.37. The van der Waals surface area contributed by atoms with Crippen molar-refractivity contribution in [3.63, 3.8) is 0 Å². The molecule has 8 nitrogen and oxygen atoms in total. The van der Waals surface area contributed by atoms with E-state index < -0.39 is 0 Å². The van der Waals surface area contributed by atoms with E-state index in [1.807, 2.05) is 29.4 Å². The number of piperazine rings is 1. The molecule has 0 unspecified atom stereocenters. The van der Waals surface area contributed by atoms with Crippen molar-refractivity contribution in [1.29, 1.82) is 0 Å². The smallest absolute Gasteiger partial charge is 0.264 e. The minimum atomic E-state index is 0.00137. The number of carbonyl (C=O) groups excluding carboxylic acids is 1. The van der Waals surface area contributed by atoms with Gasteiger partial charge in [-0.05, 0) is 32.3 Å². The van der Waals surface area contributed by atoms with Gasteiger partial charge in [-0.3, -0.25) is 14.2 Å². The van der Waals surface area contributed by atoms with Crippen molar-refractivity contribution >= 4 is 33.3 Å². The van der Waals surface area contributed by atoms with Gasteiger partial charge in [-0.15, -0.1) is 11.3 Å². The van der Waals surface area contributed by atoms with Crippen LogP contribution in [0.4, 0.5) is 5.82 Å². The Morgan fingerprint density at radius 2 is 1.76 bits per heavy atom. The molecule has 1 amide bonds. The van der Waals surface area contributed by atoms with Gasteiger partial charge in [-0.2, -0.15) is 0 Å². The van der Waals surface area contributed by atoms with Crippen LogP contribution in [0.2, 0.25) is 0 Å². The first-order valence-corrected chi connectivity index (χ1v) is 13.1. The summed E-state index contributed by atoms with van der Waals surface area (Å²) in [7, 11) is 0. The third kappa shape index (κ3) is 4.10. The highest BCUT2D eigenvalue weighted by molar-refractivity contribution is 7.20. The Bertz CT molecular complexity index is 1300. The molecule has 0 bridgehead atoms. The summed E-state index contributed by atoms with van der Waals surface area (Å²) in [5.74, 6) is 2.92. The molecule has 0 saturated carbocycles. The summed E-state index contributed by atoms with van der Waals surface area (Å²) in [5, 5.41) is 0.621. The maximum absolute atomic E-state index is 13.5. The van der Waals surface area contributed by atoms with Crippen molar-refractivity contribution in [3.8, 4) is 0 Å². The quantitative estimate of drug-likeness (QED) is 0.569. The van der Waals surface area contributed by atoms with E-state index in [1.165, 1.54) is 11.3 Å². The molecule has 1 saturated heterocycles. The number of carbonyl (C=O) groups is 1. The molecule has 0 spiro atoms.